The molecule has 2 N–H and O–H groups in total. The minimum Gasteiger partial charge on any atom is -0.495 e. The Labute approximate surface area is 205 Å². The third-order valence-electron chi connectivity index (χ3n) is 4.94. The van der Waals surface area contributed by atoms with Gasteiger partial charge in [-0.15, -0.1) is 11.3 Å². The van der Waals surface area contributed by atoms with Crippen molar-refractivity contribution in [1.29, 1.82) is 0 Å². The van der Waals surface area contributed by atoms with Crippen molar-refractivity contribution in [2.45, 2.75) is 6.92 Å². The van der Waals surface area contributed by atoms with Gasteiger partial charge in [0.05, 0.1) is 19.4 Å². The Kier molecular flexibility index (Phi) is 7.37. The maximum atomic E-state index is 13.5. The van der Waals surface area contributed by atoms with Crippen LogP contribution in [-0.2, 0) is 0 Å². The van der Waals surface area contributed by atoms with Gasteiger partial charge in [-0.1, -0.05) is 6.07 Å². The first-order valence-electron chi connectivity index (χ1n) is 10.7. The molecular formula is C26H22FN3O4S. The molecule has 178 valence electrons. The zero-order valence-electron chi connectivity index (χ0n) is 19.0. The Morgan fingerprint density at radius 1 is 1.00 bits per heavy atom. The highest BCUT2D eigenvalue weighted by molar-refractivity contribution is 7.13. The molecule has 0 spiro atoms. The lowest BCUT2D eigenvalue weighted by Crippen LogP contribution is -2.15. The van der Waals surface area contributed by atoms with Crippen LogP contribution in [0.15, 0.2) is 72.1 Å². The fraction of sp³-hybridized carbons (Fsp3) is 0.115. The van der Waals surface area contributed by atoms with Crippen LogP contribution in [0.3, 0.4) is 0 Å². The average molecular weight is 492 g/mol. The van der Waals surface area contributed by atoms with Gasteiger partial charge in [0.1, 0.15) is 28.0 Å². The zero-order chi connectivity index (χ0) is 24.8. The topological polar surface area (TPSA) is 89.6 Å². The number of hydrogen-bond acceptors (Lipinski definition) is 6. The lowest BCUT2D eigenvalue weighted by molar-refractivity contribution is 0.101. The SMILES string of the molecule is CCOc1ccc(-c2nc(C(=O)Nc3ccc(OC)c(NC(=O)c4cccc(F)c4)c3)cs2)cc1. The van der Waals surface area contributed by atoms with Gasteiger partial charge >= 0.3 is 0 Å². The van der Waals surface area contributed by atoms with E-state index in [9.17, 15) is 14.0 Å². The number of amides is 2. The first kappa shape index (κ1) is 23.9. The van der Waals surface area contributed by atoms with Gasteiger partial charge in [0, 0.05) is 22.2 Å². The summed E-state index contributed by atoms with van der Waals surface area (Å²) in [4.78, 5) is 29.8. The largest absolute Gasteiger partial charge is 0.495 e. The third-order valence-corrected chi connectivity index (χ3v) is 5.83. The summed E-state index contributed by atoms with van der Waals surface area (Å²) in [6.07, 6.45) is 0. The van der Waals surface area contributed by atoms with Crippen LogP contribution in [0.2, 0.25) is 0 Å². The molecule has 1 aromatic heterocycles. The van der Waals surface area contributed by atoms with Crippen molar-refractivity contribution in [3.8, 4) is 22.1 Å². The number of rotatable bonds is 8. The van der Waals surface area contributed by atoms with Gasteiger partial charge in [-0.3, -0.25) is 9.59 Å². The van der Waals surface area contributed by atoms with Gasteiger partial charge in [0.2, 0.25) is 0 Å². The molecule has 7 nitrogen and oxygen atoms in total. The highest BCUT2D eigenvalue weighted by Crippen LogP contribution is 2.30. The molecule has 0 aliphatic rings. The number of nitrogens with zero attached hydrogens (tertiary/aromatic N) is 1. The molecule has 0 bridgehead atoms. The second-order valence-electron chi connectivity index (χ2n) is 7.33. The summed E-state index contributed by atoms with van der Waals surface area (Å²) in [5.41, 5.74) is 2.06. The van der Waals surface area contributed by atoms with Crippen LogP contribution in [-0.4, -0.2) is 30.5 Å². The third kappa shape index (κ3) is 5.82. The number of methoxy groups -OCH3 is 1. The summed E-state index contributed by atoms with van der Waals surface area (Å²) in [6.45, 7) is 2.51. The highest BCUT2D eigenvalue weighted by atomic mass is 32.1. The number of hydrogen-bond donors (Lipinski definition) is 2. The first-order chi connectivity index (χ1) is 17.0. The van der Waals surface area contributed by atoms with Crippen molar-refractivity contribution < 1.29 is 23.5 Å². The fourth-order valence-corrected chi connectivity index (χ4v) is 4.08. The average Bonchev–Trinajstić information content (AvgIpc) is 3.35. The van der Waals surface area contributed by atoms with Crippen LogP contribution < -0.4 is 20.1 Å². The maximum absolute atomic E-state index is 13.5. The van der Waals surface area contributed by atoms with Gasteiger partial charge in [-0.05, 0) is 67.6 Å². The number of aromatic nitrogens is 1. The van der Waals surface area contributed by atoms with Gasteiger partial charge in [-0.2, -0.15) is 0 Å². The minimum absolute atomic E-state index is 0.158. The second kappa shape index (κ2) is 10.8. The van der Waals surface area contributed by atoms with E-state index in [1.807, 2.05) is 31.2 Å². The predicted molar refractivity (Wildman–Crippen MR) is 134 cm³/mol. The summed E-state index contributed by atoms with van der Waals surface area (Å²) in [5.74, 6) is -0.264. The molecule has 0 radical (unpaired) electrons. The number of carbonyl (C=O) groups excluding carboxylic acids is 2. The smallest absolute Gasteiger partial charge is 0.275 e. The monoisotopic (exact) mass is 491 g/mol. The number of anilines is 2. The van der Waals surface area contributed by atoms with E-state index in [1.165, 1.54) is 36.6 Å². The van der Waals surface area contributed by atoms with Crippen LogP contribution in [0, 0.1) is 5.82 Å². The van der Waals surface area contributed by atoms with Crippen molar-refractivity contribution in [1.82, 2.24) is 4.98 Å². The van der Waals surface area contributed by atoms with E-state index in [1.54, 1.807) is 23.6 Å². The maximum Gasteiger partial charge on any atom is 0.275 e. The second-order valence-corrected chi connectivity index (χ2v) is 8.19. The Bertz CT molecular complexity index is 1350. The molecule has 3 aromatic carbocycles. The molecular weight excluding hydrogens is 469 g/mol. The van der Waals surface area contributed by atoms with Crippen LogP contribution in [0.5, 0.6) is 11.5 Å². The molecule has 9 heteroatoms. The van der Waals surface area contributed by atoms with Crippen LogP contribution in [0.25, 0.3) is 10.6 Å². The number of nitrogens with one attached hydrogen (secondary N) is 2. The standard InChI is InChI=1S/C26H22FN3O4S/c1-3-34-20-10-7-16(8-11-20)26-30-22(15-35-26)25(32)28-19-9-12-23(33-2)21(14-19)29-24(31)17-5-4-6-18(27)13-17/h4-15H,3H2,1-2H3,(H,28,32)(H,29,31). The van der Waals surface area contributed by atoms with Crippen molar-refractivity contribution in [2.24, 2.45) is 0 Å². The van der Waals surface area contributed by atoms with E-state index in [4.69, 9.17) is 9.47 Å². The molecule has 4 aromatic rings. The molecule has 35 heavy (non-hydrogen) atoms. The zero-order valence-corrected chi connectivity index (χ0v) is 19.8. The molecule has 0 aliphatic carbocycles. The molecule has 0 fully saturated rings. The van der Waals surface area contributed by atoms with E-state index >= 15 is 0 Å². The van der Waals surface area contributed by atoms with Gasteiger partial charge in [0.25, 0.3) is 11.8 Å². The molecule has 0 aliphatic heterocycles. The molecule has 0 unspecified atom stereocenters. The summed E-state index contributed by atoms with van der Waals surface area (Å²) >= 11 is 1.36. The molecule has 0 atom stereocenters. The van der Waals surface area contributed by atoms with E-state index in [-0.39, 0.29) is 11.3 Å². The van der Waals surface area contributed by atoms with Gasteiger partial charge < -0.3 is 20.1 Å². The lowest BCUT2D eigenvalue weighted by atomic mass is 10.2. The molecule has 0 saturated carbocycles. The molecule has 1 heterocycles. The van der Waals surface area contributed by atoms with Crippen molar-refractivity contribution >= 4 is 34.5 Å². The number of thiazole rings is 1. The Hall–Kier alpha value is -4.24. The number of ether oxygens (including phenoxy) is 2. The van der Waals surface area contributed by atoms with Crippen LogP contribution in [0.1, 0.15) is 27.8 Å². The van der Waals surface area contributed by atoms with E-state index in [0.29, 0.717) is 28.7 Å². The van der Waals surface area contributed by atoms with Crippen molar-refractivity contribution in [3.05, 3.63) is 89.2 Å². The van der Waals surface area contributed by atoms with E-state index < -0.39 is 17.6 Å². The van der Waals surface area contributed by atoms with E-state index in [2.05, 4.69) is 15.6 Å². The molecule has 4 rings (SSSR count). The van der Waals surface area contributed by atoms with Gasteiger partial charge in [-0.25, -0.2) is 9.37 Å². The Morgan fingerprint density at radius 2 is 1.80 bits per heavy atom. The summed E-state index contributed by atoms with van der Waals surface area (Å²) in [6, 6.07) is 17.7. The summed E-state index contributed by atoms with van der Waals surface area (Å²) in [5, 5.41) is 7.86. The number of carbonyl (C=O) groups is 2. The lowest BCUT2D eigenvalue weighted by Gasteiger charge is -2.12. The van der Waals surface area contributed by atoms with Crippen LogP contribution in [0.4, 0.5) is 15.8 Å². The first-order valence-corrected chi connectivity index (χ1v) is 11.6. The van der Waals surface area contributed by atoms with Gasteiger partial charge in [0.15, 0.2) is 0 Å². The highest BCUT2D eigenvalue weighted by Gasteiger charge is 2.15. The minimum atomic E-state index is -0.515. The summed E-state index contributed by atoms with van der Waals surface area (Å²) < 4.78 is 24.2. The number of benzene rings is 3. The molecule has 2 amide bonds. The van der Waals surface area contributed by atoms with Crippen LogP contribution >= 0.6 is 11.3 Å². The Morgan fingerprint density at radius 3 is 2.51 bits per heavy atom. The fourth-order valence-electron chi connectivity index (χ4n) is 3.27. The van der Waals surface area contributed by atoms with Crippen molar-refractivity contribution in [3.63, 3.8) is 0 Å². The predicted octanol–water partition coefficient (Wildman–Crippen LogP) is 5.86. The number of halogens is 1. The quantitative estimate of drug-likeness (QED) is 0.322. The Balaban J connectivity index is 1.48. The summed E-state index contributed by atoms with van der Waals surface area (Å²) in [7, 11) is 1.46. The van der Waals surface area contributed by atoms with Crippen molar-refractivity contribution in [2.75, 3.05) is 24.4 Å². The normalized spacial score (nSPS) is 10.5. The van der Waals surface area contributed by atoms with E-state index in [0.717, 1.165) is 17.4 Å². The molecule has 0 saturated heterocycles.